The van der Waals surface area contributed by atoms with Crippen molar-refractivity contribution in [3.05, 3.63) is 35.1 Å². The summed E-state index contributed by atoms with van der Waals surface area (Å²) in [5.41, 5.74) is 0.857. The first-order valence-corrected chi connectivity index (χ1v) is 11.4. The van der Waals surface area contributed by atoms with E-state index in [0.717, 1.165) is 48.0 Å². The number of aliphatic hydroxyl groups is 1. The van der Waals surface area contributed by atoms with Crippen LogP contribution in [-0.2, 0) is 36.7 Å². The second-order valence-electron chi connectivity index (χ2n) is 8.95. The maximum atomic E-state index is 13.1. The van der Waals surface area contributed by atoms with Crippen LogP contribution in [0.3, 0.4) is 0 Å². The molecular weight excluding hydrogens is 412 g/mol. The van der Waals surface area contributed by atoms with E-state index in [-0.39, 0.29) is 19.6 Å². The van der Waals surface area contributed by atoms with Crippen molar-refractivity contribution in [2.45, 2.75) is 64.4 Å². The summed E-state index contributed by atoms with van der Waals surface area (Å²) in [7, 11) is 0. The lowest BCUT2D eigenvalue weighted by atomic mass is 9.61. The Bertz CT molecular complexity index is 1050. The number of furan rings is 1. The van der Waals surface area contributed by atoms with Gasteiger partial charge >= 0.3 is 11.9 Å². The Labute approximate surface area is 187 Å². The molecule has 1 N–H and O–H groups in total. The topological polar surface area (TPSA) is 103 Å². The number of benzene rings is 1. The molecule has 1 aromatic heterocycles. The Morgan fingerprint density at radius 3 is 2.53 bits per heavy atom. The summed E-state index contributed by atoms with van der Waals surface area (Å²) in [5, 5.41) is 12.1. The van der Waals surface area contributed by atoms with Crippen molar-refractivity contribution in [1.82, 2.24) is 0 Å². The summed E-state index contributed by atoms with van der Waals surface area (Å²) in [6.45, 7) is 5.05. The number of fused-ring (bicyclic) bond motifs is 3. The highest BCUT2D eigenvalue weighted by Crippen LogP contribution is 2.47. The second-order valence-corrected chi connectivity index (χ2v) is 8.95. The second kappa shape index (κ2) is 8.70. The highest BCUT2D eigenvalue weighted by Gasteiger charge is 2.57. The summed E-state index contributed by atoms with van der Waals surface area (Å²) in [5.74, 6) is -3.95. The molecule has 7 nitrogen and oxygen atoms in total. The largest absolute Gasteiger partial charge is 0.466 e. The van der Waals surface area contributed by atoms with E-state index in [1.54, 1.807) is 19.9 Å². The van der Waals surface area contributed by atoms with Crippen molar-refractivity contribution in [3.8, 4) is 0 Å². The van der Waals surface area contributed by atoms with Crippen LogP contribution < -0.4 is 0 Å². The van der Waals surface area contributed by atoms with Crippen LogP contribution in [0, 0.1) is 11.8 Å². The number of ether oxygens (including phenoxy) is 2. The number of hydrogen-bond donors (Lipinski definition) is 1. The van der Waals surface area contributed by atoms with Crippen LogP contribution in [0.4, 0.5) is 0 Å². The first kappa shape index (κ1) is 22.5. The third-order valence-corrected chi connectivity index (χ3v) is 6.71. The van der Waals surface area contributed by atoms with Crippen LogP contribution in [0.1, 0.15) is 62.8 Å². The lowest BCUT2D eigenvalue weighted by Gasteiger charge is -2.43. The molecule has 0 amide bonds. The van der Waals surface area contributed by atoms with Gasteiger partial charge in [-0.15, -0.1) is 0 Å². The first-order chi connectivity index (χ1) is 15.3. The van der Waals surface area contributed by atoms with Crippen LogP contribution in [0.5, 0.6) is 0 Å². The van der Waals surface area contributed by atoms with E-state index >= 15 is 0 Å². The van der Waals surface area contributed by atoms with Crippen molar-refractivity contribution < 1.29 is 33.4 Å². The third kappa shape index (κ3) is 3.83. The Morgan fingerprint density at radius 2 is 1.81 bits per heavy atom. The average molecular weight is 443 g/mol. The molecule has 1 fully saturated rings. The van der Waals surface area contributed by atoms with Crippen molar-refractivity contribution in [2.24, 2.45) is 11.8 Å². The summed E-state index contributed by atoms with van der Waals surface area (Å²) in [6.07, 6.45) is 3.61. The molecule has 32 heavy (non-hydrogen) atoms. The van der Waals surface area contributed by atoms with Gasteiger partial charge in [-0.3, -0.25) is 14.4 Å². The van der Waals surface area contributed by atoms with E-state index in [1.165, 1.54) is 6.92 Å². The van der Waals surface area contributed by atoms with Gasteiger partial charge in [-0.05, 0) is 57.7 Å². The maximum Gasteiger partial charge on any atom is 0.317 e. The monoisotopic (exact) mass is 442 g/mol. The standard InChI is InChI=1S/C25H30O7/c1-4-30-23(27)21-17(26)13-25(3,29)22(24(28)31-5-2)20(21)14-10-11-19-16(12-14)15-8-6-7-9-18(15)32-19/h10-12,20-22,29H,4-9,13H2,1-3H3. The lowest BCUT2D eigenvalue weighted by Crippen LogP contribution is -2.55. The molecule has 0 radical (unpaired) electrons. The molecule has 4 atom stereocenters. The minimum absolute atomic E-state index is 0.115. The normalized spacial score (nSPS) is 27.8. The number of carbonyl (C=O) groups is 3. The van der Waals surface area contributed by atoms with Crippen LogP contribution in [-0.4, -0.2) is 41.6 Å². The van der Waals surface area contributed by atoms with Gasteiger partial charge in [0.2, 0.25) is 0 Å². The molecule has 0 aliphatic heterocycles. The Hall–Kier alpha value is -2.67. The van der Waals surface area contributed by atoms with Gasteiger partial charge in [0.05, 0.1) is 24.7 Å². The minimum Gasteiger partial charge on any atom is -0.466 e. The third-order valence-electron chi connectivity index (χ3n) is 6.71. The fourth-order valence-corrected chi connectivity index (χ4v) is 5.37. The number of esters is 2. The van der Waals surface area contributed by atoms with E-state index in [0.29, 0.717) is 5.56 Å². The summed E-state index contributed by atoms with van der Waals surface area (Å²) in [4.78, 5) is 38.9. The van der Waals surface area contributed by atoms with Crippen molar-refractivity contribution in [2.75, 3.05) is 13.2 Å². The van der Waals surface area contributed by atoms with Crippen molar-refractivity contribution in [1.29, 1.82) is 0 Å². The zero-order chi connectivity index (χ0) is 23.0. The Balaban J connectivity index is 1.88. The van der Waals surface area contributed by atoms with Crippen molar-refractivity contribution >= 4 is 28.7 Å². The van der Waals surface area contributed by atoms with Gasteiger partial charge in [0.15, 0.2) is 5.78 Å². The zero-order valence-electron chi connectivity index (χ0n) is 18.8. The molecular formula is C25H30O7. The van der Waals surface area contributed by atoms with Crippen LogP contribution in [0.2, 0.25) is 0 Å². The molecule has 0 bridgehead atoms. The fourth-order valence-electron chi connectivity index (χ4n) is 5.37. The van der Waals surface area contributed by atoms with E-state index in [1.807, 2.05) is 12.1 Å². The van der Waals surface area contributed by atoms with Crippen molar-refractivity contribution in [3.63, 3.8) is 0 Å². The smallest absolute Gasteiger partial charge is 0.317 e. The van der Waals surface area contributed by atoms with E-state index < -0.39 is 41.1 Å². The van der Waals surface area contributed by atoms with Crippen LogP contribution in [0.25, 0.3) is 11.0 Å². The average Bonchev–Trinajstić information content (AvgIpc) is 3.10. The predicted molar refractivity (Wildman–Crippen MR) is 116 cm³/mol. The van der Waals surface area contributed by atoms with Crippen LogP contribution in [0.15, 0.2) is 22.6 Å². The molecule has 172 valence electrons. The van der Waals surface area contributed by atoms with E-state index in [9.17, 15) is 19.5 Å². The fraction of sp³-hybridized carbons (Fsp3) is 0.560. The van der Waals surface area contributed by atoms with Gasteiger partial charge < -0.3 is 19.0 Å². The molecule has 2 aliphatic carbocycles. The number of hydrogen-bond acceptors (Lipinski definition) is 7. The lowest BCUT2D eigenvalue weighted by molar-refractivity contribution is -0.172. The van der Waals surface area contributed by atoms with Crippen LogP contribution >= 0.6 is 0 Å². The van der Waals surface area contributed by atoms with Gasteiger partial charge in [-0.2, -0.15) is 0 Å². The molecule has 0 saturated heterocycles. The number of ketones is 1. The number of carbonyl (C=O) groups excluding carboxylic acids is 3. The van der Waals surface area contributed by atoms with Gasteiger partial charge in [-0.1, -0.05) is 6.07 Å². The minimum atomic E-state index is -1.65. The summed E-state index contributed by atoms with van der Waals surface area (Å²) in [6, 6.07) is 5.50. The number of Topliss-reactive ketones (excluding diaryl/α,β-unsaturated/α-hetero) is 1. The van der Waals surface area contributed by atoms with Gasteiger partial charge in [0.25, 0.3) is 0 Å². The number of rotatable bonds is 5. The first-order valence-electron chi connectivity index (χ1n) is 11.4. The van der Waals surface area contributed by atoms with Gasteiger partial charge in [0, 0.05) is 29.7 Å². The quantitative estimate of drug-likeness (QED) is 0.559. The number of aryl methyl sites for hydroxylation is 2. The SMILES string of the molecule is CCOC(=O)C1C(=O)CC(C)(O)C(C(=O)OCC)C1c1ccc2oc3c(c2c1)CCCC3. The van der Waals surface area contributed by atoms with E-state index in [4.69, 9.17) is 13.9 Å². The molecule has 1 aromatic carbocycles. The Morgan fingerprint density at radius 1 is 1.12 bits per heavy atom. The molecule has 4 rings (SSSR count). The molecule has 0 spiro atoms. The Kier molecular flexibility index (Phi) is 6.12. The molecule has 2 aliphatic rings. The van der Waals surface area contributed by atoms with Gasteiger partial charge in [0.1, 0.15) is 17.3 Å². The summed E-state index contributed by atoms with van der Waals surface area (Å²) >= 11 is 0. The van der Waals surface area contributed by atoms with Gasteiger partial charge in [-0.25, -0.2) is 0 Å². The zero-order valence-corrected chi connectivity index (χ0v) is 18.8. The predicted octanol–water partition coefficient (Wildman–Crippen LogP) is 3.48. The molecule has 2 aromatic rings. The highest BCUT2D eigenvalue weighted by molar-refractivity contribution is 6.03. The molecule has 1 heterocycles. The molecule has 4 unspecified atom stereocenters. The highest BCUT2D eigenvalue weighted by atomic mass is 16.5. The molecule has 1 saturated carbocycles. The molecule has 7 heteroatoms. The van der Waals surface area contributed by atoms with E-state index in [2.05, 4.69) is 0 Å². The maximum absolute atomic E-state index is 13.1. The summed E-state index contributed by atoms with van der Waals surface area (Å²) < 4.78 is 16.5.